The molecule has 0 unspecified atom stereocenters. The Bertz CT molecular complexity index is 541. The van der Waals surface area contributed by atoms with Crippen molar-refractivity contribution in [3.8, 4) is 0 Å². The van der Waals surface area contributed by atoms with Gasteiger partial charge in [-0.15, -0.1) is 0 Å². The number of halogens is 1. The molecule has 1 aromatic rings. The number of anilines is 1. The number of nitrogens with zero attached hydrogens (tertiary/aromatic N) is 1. The van der Waals surface area contributed by atoms with E-state index in [2.05, 4.69) is 11.9 Å². The van der Waals surface area contributed by atoms with Gasteiger partial charge >= 0.3 is 0 Å². The van der Waals surface area contributed by atoms with Gasteiger partial charge in [0.25, 0.3) is 5.91 Å². The lowest BCUT2D eigenvalue weighted by Crippen LogP contribution is -2.45. The molecule has 0 aliphatic heterocycles. The molecule has 0 radical (unpaired) electrons. The molecule has 0 atom stereocenters. The van der Waals surface area contributed by atoms with Gasteiger partial charge in [-0.25, -0.2) is 0 Å². The minimum atomic E-state index is -0.570. The summed E-state index contributed by atoms with van der Waals surface area (Å²) in [4.78, 5) is 12.2. The highest BCUT2D eigenvalue weighted by atomic mass is 19.1. The molecule has 5 heteroatoms. The molecule has 1 saturated carbocycles. The summed E-state index contributed by atoms with van der Waals surface area (Å²) < 4.78 is 14.9. The van der Waals surface area contributed by atoms with Gasteiger partial charge in [0.05, 0.1) is 5.56 Å². The van der Waals surface area contributed by atoms with Crippen LogP contribution < -0.4 is 11.1 Å². The first-order valence-corrected chi connectivity index (χ1v) is 6.39. The third-order valence-electron chi connectivity index (χ3n) is 3.65. The van der Waals surface area contributed by atoms with E-state index >= 15 is 0 Å². The van der Waals surface area contributed by atoms with E-state index in [1.807, 2.05) is 13.8 Å². The zero-order chi connectivity index (χ0) is 14.4. The SMILES string of the molecule is C=C(C)n1c(F)cc(C(=O)NC(C)(C)C2CC2)c1N. The third-order valence-corrected chi connectivity index (χ3v) is 3.65. The van der Waals surface area contributed by atoms with Gasteiger partial charge in [0.1, 0.15) is 5.82 Å². The molecule has 0 bridgehead atoms. The first kappa shape index (κ1) is 13.6. The average molecular weight is 265 g/mol. The van der Waals surface area contributed by atoms with Gasteiger partial charge in [-0.2, -0.15) is 4.39 Å². The maximum Gasteiger partial charge on any atom is 0.255 e. The van der Waals surface area contributed by atoms with Crippen LogP contribution in [0.1, 0.15) is 44.0 Å². The predicted octanol–water partition coefficient (Wildman–Crippen LogP) is 2.62. The number of amides is 1. The summed E-state index contributed by atoms with van der Waals surface area (Å²) in [7, 11) is 0. The van der Waals surface area contributed by atoms with Crippen LogP contribution in [0.3, 0.4) is 0 Å². The zero-order valence-electron chi connectivity index (χ0n) is 11.6. The van der Waals surface area contributed by atoms with Crippen LogP contribution in [0.15, 0.2) is 12.6 Å². The van der Waals surface area contributed by atoms with Crippen LogP contribution in [0.2, 0.25) is 0 Å². The highest BCUT2D eigenvalue weighted by Crippen LogP contribution is 2.39. The van der Waals surface area contributed by atoms with Crippen LogP contribution in [0.25, 0.3) is 5.70 Å². The van der Waals surface area contributed by atoms with Gasteiger partial charge in [-0.05, 0) is 39.5 Å². The van der Waals surface area contributed by atoms with E-state index < -0.39 is 5.95 Å². The number of rotatable bonds is 4. The topological polar surface area (TPSA) is 60.0 Å². The van der Waals surface area contributed by atoms with Crippen molar-refractivity contribution in [3.63, 3.8) is 0 Å². The van der Waals surface area contributed by atoms with E-state index in [1.165, 1.54) is 0 Å². The van der Waals surface area contributed by atoms with Crippen LogP contribution in [-0.4, -0.2) is 16.0 Å². The van der Waals surface area contributed by atoms with E-state index in [4.69, 9.17) is 5.73 Å². The first-order valence-electron chi connectivity index (χ1n) is 6.39. The average Bonchev–Trinajstić information content (AvgIpc) is 3.04. The standard InChI is InChI=1S/C14H20FN3O/c1-8(2)18-11(15)7-10(12(18)16)13(19)17-14(3,4)9-5-6-9/h7,9H,1,5-6,16H2,2-4H3,(H,17,19). The number of hydrogen-bond acceptors (Lipinski definition) is 2. The number of aromatic nitrogens is 1. The summed E-state index contributed by atoms with van der Waals surface area (Å²) in [6.45, 7) is 9.23. The van der Waals surface area contributed by atoms with Crippen LogP contribution in [-0.2, 0) is 0 Å². The van der Waals surface area contributed by atoms with Crippen molar-refractivity contribution in [1.29, 1.82) is 0 Å². The quantitative estimate of drug-likeness (QED) is 0.879. The minimum absolute atomic E-state index is 0.0918. The number of nitrogens with one attached hydrogen (secondary N) is 1. The molecule has 104 valence electrons. The number of allylic oxidation sites excluding steroid dienone is 1. The van der Waals surface area contributed by atoms with E-state index in [0.29, 0.717) is 11.6 Å². The van der Waals surface area contributed by atoms with Gasteiger partial charge in [-0.1, -0.05) is 6.58 Å². The minimum Gasteiger partial charge on any atom is -0.384 e. The van der Waals surface area contributed by atoms with Crippen molar-refractivity contribution in [2.45, 2.75) is 39.2 Å². The van der Waals surface area contributed by atoms with E-state index in [9.17, 15) is 9.18 Å². The molecule has 1 aliphatic rings. The molecule has 1 amide bonds. The third kappa shape index (κ3) is 2.50. The Labute approximate surface area is 112 Å². The van der Waals surface area contributed by atoms with Crippen molar-refractivity contribution < 1.29 is 9.18 Å². The van der Waals surface area contributed by atoms with Crippen LogP contribution in [0.5, 0.6) is 0 Å². The van der Waals surface area contributed by atoms with E-state index in [-0.39, 0.29) is 22.8 Å². The number of carbonyl (C=O) groups excluding carboxylic acids is 1. The van der Waals surface area contributed by atoms with Gasteiger partial charge < -0.3 is 11.1 Å². The van der Waals surface area contributed by atoms with Crippen LogP contribution >= 0.6 is 0 Å². The van der Waals surface area contributed by atoms with Crippen molar-refractivity contribution >= 4 is 17.4 Å². The van der Waals surface area contributed by atoms with E-state index in [0.717, 1.165) is 23.5 Å². The molecular weight excluding hydrogens is 245 g/mol. The largest absolute Gasteiger partial charge is 0.384 e. The van der Waals surface area contributed by atoms with Gasteiger partial charge in [-0.3, -0.25) is 9.36 Å². The van der Waals surface area contributed by atoms with Crippen molar-refractivity contribution in [3.05, 3.63) is 24.2 Å². The second-order valence-corrected chi connectivity index (χ2v) is 5.79. The molecule has 1 aromatic heterocycles. The predicted molar refractivity (Wildman–Crippen MR) is 74.1 cm³/mol. The summed E-state index contributed by atoms with van der Waals surface area (Å²) in [6.07, 6.45) is 2.23. The maximum atomic E-state index is 13.7. The maximum absolute atomic E-state index is 13.7. The fourth-order valence-electron chi connectivity index (χ4n) is 2.33. The summed E-state index contributed by atoms with van der Waals surface area (Å²) in [6, 6.07) is 1.16. The van der Waals surface area contributed by atoms with E-state index in [1.54, 1.807) is 6.92 Å². The number of hydrogen-bond donors (Lipinski definition) is 2. The lowest BCUT2D eigenvalue weighted by molar-refractivity contribution is 0.0904. The highest BCUT2D eigenvalue weighted by molar-refractivity contribution is 5.99. The lowest BCUT2D eigenvalue weighted by Gasteiger charge is -2.26. The molecule has 19 heavy (non-hydrogen) atoms. The first-order chi connectivity index (χ1) is 8.74. The Morgan fingerprint density at radius 1 is 1.58 bits per heavy atom. The van der Waals surface area contributed by atoms with Crippen LogP contribution in [0, 0.1) is 11.9 Å². The lowest BCUT2D eigenvalue weighted by atomic mass is 9.98. The smallest absolute Gasteiger partial charge is 0.255 e. The Morgan fingerprint density at radius 3 is 2.58 bits per heavy atom. The van der Waals surface area contributed by atoms with Crippen molar-refractivity contribution in [1.82, 2.24) is 9.88 Å². The second kappa shape index (κ2) is 4.40. The van der Waals surface area contributed by atoms with Crippen LogP contribution in [0.4, 0.5) is 10.2 Å². The fourth-order valence-corrected chi connectivity index (χ4v) is 2.33. The number of nitrogens with two attached hydrogens (primary N) is 1. The molecule has 3 N–H and O–H groups in total. The molecule has 0 saturated heterocycles. The van der Waals surface area contributed by atoms with Crippen molar-refractivity contribution in [2.24, 2.45) is 5.92 Å². The van der Waals surface area contributed by atoms with Crippen molar-refractivity contribution in [2.75, 3.05) is 5.73 Å². The van der Waals surface area contributed by atoms with Gasteiger partial charge in [0.15, 0.2) is 5.95 Å². The Balaban J connectivity index is 2.25. The summed E-state index contributed by atoms with van der Waals surface area (Å²) in [5.74, 6) is -0.326. The molecule has 0 aromatic carbocycles. The number of nitrogen functional groups attached to an aromatic ring is 1. The Morgan fingerprint density at radius 2 is 2.16 bits per heavy atom. The molecule has 2 rings (SSSR count). The molecule has 1 aliphatic carbocycles. The fraction of sp³-hybridized carbons (Fsp3) is 0.500. The second-order valence-electron chi connectivity index (χ2n) is 5.79. The Hall–Kier alpha value is -1.78. The zero-order valence-corrected chi connectivity index (χ0v) is 11.6. The highest BCUT2D eigenvalue weighted by Gasteiger charge is 2.39. The molecule has 0 spiro atoms. The van der Waals surface area contributed by atoms with Gasteiger partial charge in [0, 0.05) is 17.3 Å². The number of carbonyl (C=O) groups is 1. The Kier molecular flexibility index (Phi) is 3.16. The van der Waals surface area contributed by atoms with Gasteiger partial charge in [0.2, 0.25) is 0 Å². The normalized spacial score (nSPS) is 15.4. The molecular formula is C14H20FN3O. The summed E-state index contributed by atoms with van der Waals surface area (Å²) in [5.41, 5.74) is 6.13. The molecule has 1 fully saturated rings. The molecule has 4 nitrogen and oxygen atoms in total. The monoisotopic (exact) mass is 265 g/mol. The molecule has 1 heterocycles. The summed E-state index contributed by atoms with van der Waals surface area (Å²) >= 11 is 0. The summed E-state index contributed by atoms with van der Waals surface area (Å²) in [5, 5.41) is 2.93.